The molecule has 0 aromatic carbocycles. The summed E-state index contributed by atoms with van der Waals surface area (Å²) in [4.78, 5) is 10.8. The molecule has 0 spiro atoms. The molecule has 0 heterocycles. The Morgan fingerprint density at radius 1 is 1.12 bits per heavy atom. The van der Waals surface area contributed by atoms with Crippen LogP contribution in [-0.2, 0) is 9.53 Å². The van der Waals surface area contributed by atoms with Gasteiger partial charge in [0.25, 0.3) is 0 Å². The van der Waals surface area contributed by atoms with E-state index in [4.69, 9.17) is 5.26 Å². The first-order valence-corrected chi connectivity index (χ1v) is 6.40. The van der Waals surface area contributed by atoms with E-state index in [1.807, 2.05) is 6.08 Å². The summed E-state index contributed by atoms with van der Waals surface area (Å²) in [7, 11) is 1.43. The van der Waals surface area contributed by atoms with Gasteiger partial charge >= 0.3 is 5.97 Å². The van der Waals surface area contributed by atoms with Crippen LogP contribution in [0.3, 0.4) is 0 Å². The lowest BCUT2D eigenvalue weighted by atomic mass is 10.1. The number of rotatable bonds is 10. The SMILES string of the molecule is COC(=O)CCCCCCCC/C=C/CC#N. The summed E-state index contributed by atoms with van der Waals surface area (Å²) in [6, 6.07) is 2.08. The summed E-state index contributed by atoms with van der Waals surface area (Å²) in [5, 5.41) is 8.31. The molecule has 0 bridgehead atoms. The zero-order valence-corrected chi connectivity index (χ0v) is 10.8. The van der Waals surface area contributed by atoms with Gasteiger partial charge in [-0.2, -0.15) is 5.26 Å². The summed E-state index contributed by atoms with van der Waals surface area (Å²) in [6.45, 7) is 0. The van der Waals surface area contributed by atoms with E-state index >= 15 is 0 Å². The van der Waals surface area contributed by atoms with Crippen molar-refractivity contribution >= 4 is 5.97 Å². The van der Waals surface area contributed by atoms with Gasteiger partial charge in [0.15, 0.2) is 0 Å². The van der Waals surface area contributed by atoms with Crippen LogP contribution in [0.15, 0.2) is 12.2 Å². The Morgan fingerprint density at radius 2 is 1.76 bits per heavy atom. The van der Waals surface area contributed by atoms with Crippen LogP contribution in [0.4, 0.5) is 0 Å². The summed E-state index contributed by atoms with van der Waals surface area (Å²) >= 11 is 0. The maximum absolute atomic E-state index is 10.8. The Balaban J connectivity index is 3.09. The molecule has 0 aliphatic carbocycles. The van der Waals surface area contributed by atoms with E-state index in [9.17, 15) is 4.79 Å². The average molecular weight is 237 g/mol. The van der Waals surface area contributed by atoms with E-state index < -0.39 is 0 Å². The van der Waals surface area contributed by atoms with Gasteiger partial charge in [0, 0.05) is 6.42 Å². The molecule has 0 fully saturated rings. The predicted octanol–water partition coefficient (Wildman–Crippen LogP) is 3.75. The number of carbonyl (C=O) groups is 1. The largest absolute Gasteiger partial charge is 0.469 e. The number of nitriles is 1. The van der Waals surface area contributed by atoms with E-state index in [0.717, 1.165) is 19.3 Å². The highest BCUT2D eigenvalue weighted by molar-refractivity contribution is 5.68. The molecule has 0 aromatic heterocycles. The van der Waals surface area contributed by atoms with Gasteiger partial charge in [-0.1, -0.05) is 37.8 Å². The Kier molecular flexibility index (Phi) is 11.8. The van der Waals surface area contributed by atoms with Crippen molar-refractivity contribution < 1.29 is 9.53 Å². The minimum atomic E-state index is -0.104. The molecular weight excluding hydrogens is 214 g/mol. The average Bonchev–Trinajstić information content (AvgIpc) is 2.35. The maximum atomic E-state index is 10.8. The highest BCUT2D eigenvalue weighted by atomic mass is 16.5. The first kappa shape index (κ1) is 15.7. The number of carbonyl (C=O) groups excluding carboxylic acids is 1. The van der Waals surface area contributed by atoms with Crippen molar-refractivity contribution in [2.75, 3.05) is 7.11 Å². The third-order valence-corrected chi connectivity index (χ3v) is 2.61. The number of unbranched alkanes of at least 4 members (excludes halogenated alkanes) is 6. The molecule has 0 unspecified atom stereocenters. The number of hydrogen-bond acceptors (Lipinski definition) is 3. The van der Waals surface area contributed by atoms with Crippen LogP contribution in [-0.4, -0.2) is 13.1 Å². The number of ether oxygens (including phenoxy) is 1. The van der Waals surface area contributed by atoms with Crippen LogP contribution in [0.5, 0.6) is 0 Å². The molecule has 17 heavy (non-hydrogen) atoms. The fraction of sp³-hybridized carbons (Fsp3) is 0.714. The van der Waals surface area contributed by atoms with Crippen molar-refractivity contribution in [2.45, 2.75) is 57.8 Å². The molecule has 0 aliphatic rings. The maximum Gasteiger partial charge on any atom is 0.305 e. The van der Waals surface area contributed by atoms with Crippen LogP contribution >= 0.6 is 0 Å². The number of esters is 1. The van der Waals surface area contributed by atoms with Crippen molar-refractivity contribution in [2.24, 2.45) is 0 Å². The highest BCUT2D eigenvalue weighted by Gasteiger charge is 1.98. The minimum absolute atomic E-state index is 0.104. The van der Waals surface area contributed by atoms with Gasteiger partial charge in [-0.15, -0.1) is 0 Å². The van der Waals surface area contributed by atoms with Gasteiger partial charge < -0.3 is 4.74 Å². The van der Waals surface area contributed by atoms with Gasteiger partial charge in [0.05, 0.1) is 19.6 Å². The molecule has 0 aliphatic heterocycles. The zero-order chi connectivity index (χ0) is 12.8. The number of nitrogens with zero attached hydrogens (tertiary/aromatic N) is 1. The van der Waals surface area contributed by atoms with E-state index in [2.05, 4.69) is 16.9 Å². The lowest BCUT2D eigenvalue weighted by Crippen LogP contribution is -1.99. The highest BCUT2D eigenvalue weighted by Crippen LogP contribution is 2.09. The summed E-state index contributed by atoms with van der Waals surface area (Å²) < 4.78 is 4.57. The van der Waals surface area contributed by atoms with Gasteiger partial charge in [-0.25, -0.2) is 0 Å². The van der Waals surface area contributed by atoms with E-state index in [1.54, 1.807) is 0 Å². The van der Waals surface area contributed by atoms with E-state index in [0.29, 0.717) is 12.8 Å². The molecule has 0 atom stereocenters. The van der Waals surface area contributed by atoms with Crippen LogP contribution in [0, 0.1) is 11.3 Å². The van der Waals surface area contributed by atoms with Crippen molar-refractivity contribution in [1.82, 2.24) is 0 Å². The smallest absolute Gasteiger partial charge is 0.305 e. The summed E-state index contributed by atoms with van der Waals surface area (Å²) in [6.07, 6.45) is 13.1. The Bertz CT molecular complexity index is 253. The van der Waals surface area contributed by atoms with Gasteiger partial charge in [-0.3, -0.25) is 4.79 Å². The molecule has 0 radical (unpaired) electrons. The lowest BCUT2D eigenvalue weighted by molar-refractivity contribution is -0.140. The second kappa shape index (κ2) is 12.8. The molecule has 0 saturated heterocycles. The van der Waals surface area contributed by atoms with Gasteiger partial charge in [0.2, 0.25) is 0 Å². The molecular formula is C14H23NO2. The normalized spacial score (nSPS) is 10.4. The van der Waals surface area contributed by atoms with Crippen LogP contribution in [0.2, 0.25) is 0 Å². The van der Waals surface area contributed by atoms with Crippen molar-refractivity contribution in [3.63, 3.8) is 0 Å². The fourth-order valence-electron chi connectivity index (χ4n) is 1.59. The fourth-order valence-corrected chi connectivity index (χ4v) is 1.59. The second-order valence-corrected chi connectivity index (χ2v) is 4.07. The molecule has 0 amide bonds. The quantitative estimate of drug-likeness (QED) is 0.330. The third-order valence-electron chi connectivity index (χ3n) is 2.61. The summed E-state index contributed by atoms with van der Waals surface area (Å²) in [5.74, 6) is -0.104. The molecule has 0 aromatic rings. The Labute approximate surface area is 104 Å². The van der Waals surface area contributed by atoms with Gasteiger partial charge in [-0.05, 0) is 19.3 Å². The van der Waals surface area contributed by atoms with Gasteiger partial charge in [0.1, 0.15) is 0 Å². The number of allylic oxidation sites excluding steroid dienone is 2. The number of methoxy groups -OCH3 is 1. The molecule has 0 saturated carbocycles. The van der Waals surface area contributed by atoms with Crippen LogP contribution in [0.1, 0.15) is 57.8 Å². The van der Waals surface area contributed by atoms with E-state index in [1.165, 1.54) is 32.8 Å². The van der Waals surface area contributed by atoms with Crippen molar-refractivity contribution in [1.29, 1.82) is 5.26 Å². The Hall–Kier alpha value is -1.30. The molecule has 3 nitrogen and oxygen atoms in total. The van der Waals surface area contributed by atoms with E-state index in [-0.39, 0.29) is 5.97 Å². The minimum Gasteiger partial charge on any atom is -0.469 e. The number of hydrogen-bond donors (Lipinski definition) is 0. The topological polar surface area (TPSA) is 50.1 Å². The molecule has 0 rings (SSSR count). The van der Waals surface area contributed by atoms with Crippen molar-refractivity contribution in [3.05, 3.63) is 12.2 Å². The molecule has 0 N–H and O–H groups in total. The first-order chi connectivity index (χ1) is 8.31. The van der Waals surface area contributed by atoms with Crippen molar-refractivity contribution in [3.8, 4) is 6.07 Å². The molecule has 96 valence electrons. The molecule has 3 heteroatoms. The predicted molar refractivity (Wildman–Crippen MR) is 68.3 cm³/mol. The Morgan fingerprint density at radius 3 is 2.41 bits per heavy atom. The van der Waals surface area contributed by atoms with Crippen LogP contribution < -0.4 is 0 Å². The monoisotopic (exact) mass is 237 g/mol. The second-order valence-electron chi connectivity index (χ2n) is 4.07. The summed E-state index contributed by atoms with van der Waals surface area (Å²) in [5.41, 5.74) is 0. The van der Waals surface area contributed by atoms with Crippen LogP contribution in [0.25, 0.3) is 0 Å². The lowest BCUT2D eigenvalue weighted by Gasteiger charge is -2.00. The first-order valence-electron chi connectivity index (χ1n) is 6.40. The third kappa shape index (κ3) is 12.6. The standard InChI is InChI=1S/C14H23NO2/c1-17-14(16)12-10-8-6-4-2-3-5-7-9-11-13-15/h7,9H,2-6,8,10-12H2,1H3/b9-7+. The zero-order valence-electron chi connectivity index (χ0n) is 10.8.